The third-order valence-corrected chi connectivity index (χ3v) is 6.43. The molecule has 0 radical (unpaired) electrons. The zero-order valence-corrected chi connectivity index (χ0v) is 16.6. The lowest BCUT2D eigenvalue weighted by atomic mass is 10.2. The number of thioether (sulfide) groups is 1. The fourth-order valence-electron chi connectivity index (χ4n) is 3.19. The number of methoxy groups -OCH3 is 1. The van der Waals surface area contributed by atoms with Crippen LogP contribution in [-0.4, -0.2) is 59.8 Å². The van der Waals surface area contributed by atoms with Gasteiger partial charge in [-0.2, -0.15) is 0 Å². The van der Waals surface area contributed by atoms with Gasteiger partial charge in [0.1, 0.15) is 21.9 Å². The van der Waals surface area contributed by atoms with Gasteiger partial charge in [0.05, 0.1) is 18.6 Å². The molecule has 1 aromatic carbocycles. The summed E-state index contributed by atoms with van der Waals surface area (Å²) >= 11 is 3.08. The Bertz CT molecular complexity index is 938. The van der Waals surface area contributed by atoms with Gasteiger partial charge in [0.25, 0.3) is 0 Å². The van der Waals surface area contributed by atoms with Crippen molar-refractivity contribution in [3.8, 4) is 5.75 Å². The number of anilines is 1. The molecule has 0 aliphatic carbocycles. The quantitative estimate of drug-likeness (QED) is 0.484. The summed E-state index contributed by atoms with van der Waals surface area (Å²) in [6, 6.07) is 10.0. The number of para-hydroxylation sites is 2. The fraction of sp³-hybridized carbons (Fsp3) is 0.316. The summed E-state index contributed by atoms with van der Waals surface area (Å²) in [4.78, 5) is 26.4. The highest BCUT2D eigenvalue weighted by atomic mass is 32.2. The number of benzene rings is 1. The van der Waals surface area contributed by atoms with Crippen molar-refractivity contribution in [1.29, 1.82) is 0 Å². The molecule has 0 atom stereocenters. The second-order valence-electron chi connectivity index (χ2n) is 6.15. The number of hydrogen-bond acceptors (Lipinski definition) is 7. The van der Waals surface area contributed by atoms with Crippen molar-refractivity contribution < 1.29 is 9.53 Å². The van der Waals surface area contributed by atoms with E-state index >= 15 is 0 Å². The average molecular weight is 401 g/mol. The van der Waals surface area contributed by atoms with Gasteiger partial charge in [-0.25, -0.2) is 9.97 Å². The van der Waals surface area contributed by atoms with E-state index in [-0.39, 0.29) is 5.91 Å². The Hall–Kier alpha value is -2.32. The Labute approximate surface area is 166 Å². The molecule has 1 aliphatic heterocycles. The van der Waals surface area contributed by atoms with E-state index < -0.39 is 0 Å². The van der Waals surface area contributed by atoms with Crippen LogP contribution in [-0.2, 0) is 4.79 Å². The van der Waals surface area contributed by atoms with E-state index in [2.05, 4.69) is 20.9 Å². The van der Waals surface area contributed by atoms with E-state index in [4.69, 9.17) is 4.74 Å². The molecule has 1 aliphatic rings. The first-order chi connectivity index (χ1) is 13.3. The topological polar surface area (TPSA) is 58.6 Å². The second kappa shape index (κ2) is 8.14. The highest BCUT2D eigenvalue weighted by molar-refractivity contribution is 8.00. The van der Waals surface area contributed by atoms with E-state index in [0.717, 1.165) is 52.9 Å². The third kappa shape index (κ3) is 3.86. The van der Waals surface area contributed by atoms with Crippen LogP contribution in [0.15, 0.2) is 47.1 Å². The zero-order valence-electron chi connectivity index (χ0n) is 15.0. The van der Waals surface area contributed by atoms with Crippen LogP contribution >= 0.6 is 23.1 Å². The number of amides is 1. The minimum atomic E-state index is 0.154. The molecule has 27 heavy (non-hydrogen) atoms. The maximum atomic E-state index is 12.6. The number of ether oxygens (including phenoxy) is 1. The van der Waals surface area contributed by atoms with Crippen molar-refractivity contribution >= 4 is 44.9 Å². The lowest BCUT2D eigenvalue weighted by Gasteiger charge is -2.36. The Morgan fingerprint density at radius 3 is 2.81 bits per heavy atom. The number of thiophene rings is 1. The van der Waals surface area contributed by atoms with Crippen LogP contribution in [0, 0.1) is 0 Å². The molecule has 1 amide bonds. The minimum Gasteiger partial charge on any atom is -0.495 e. The number of hydrogen-bond donors (Lipinski definition) is 0. The van der Waals surface area contributed by atoms with Crippen LogP contribution in [0.1, 0.15) is 0 Å². The fourth-order valence-corrected chi connectivity index (χ4v) is 4.87. The third-order valence-electron chi connectivity index (χ3n) is 4.62. The number of fused-ring (bicyclic) bond motifs is 1. The molecule has 8 heteroatoms. The standard InChI is InChI=1S/C19H20N4O2S2/c1-25-16-5-3-2-4-15(16)22-7-9-23(10-8-22)17(24)12-27-19-14-6-11-26-18(14)20-13-21-19/h2-6,11,13H,7-10,12H2,1H3. The second-order valence-corrected chi connectivity index (χ2v) is 8.01. The first-order valence-corrected chi connectivity index (χ1v) is 10.6. The van der Waals surface area contributed by atoms with Crippen molar-refractivity contribution in [3.05, 3.63) is 42.0 Å². The van der Waals surface area contributed by atoms with E-state index in [1.54, 1.807) is 24.8 Å². The van der Waals surface area contributed by atoms with Gasteiger partial charge in [-0.3, -0.25) is 4.79 Å². The number of aromatic nitrogens is 2. The Morgan fingerprint density at radius 2 is 2.00 bits per heavy atom. The smallest absolute Gasteiger partial charge is 0.233 e. The van der Waals surface area contributed by atoms with Gasteiger partial charge in [0.2, 0.25) is 5.91 Å². The van der Waals surface area contributed by atoms with Crippen molar-refractivity contribution in [2.45, 2.75) is 5.03 Å². The molecule has 1 saturated heterocycles. The number of nitrogens with zero attached hydrogens (tertiary/aromatic N) is 4. The summed E-state index contributed by atoms with van der Waals surface area (Å²) in [6.07, 6.45) is 1.57. The summed E-state index contributed by atoms with van der Waals surface area (Å²) in [7, 11) is 1.69. The lowest BCUT2D eigenvalue weighted by molar-refractivity contribution is -0.128. The summed E-state index contributed by atoms with van der Waals surface area (Å²) in [5.41, 5.74) is 1.09. The van der Waals surface area contributed by atoms with E-state index in [1.807, 2.05) is 34.5 Å². The lowest BCUT2D eigenvalue weighted by Crippen LogP contribution is -2.49. The van der Waals surface area contributed by atoms with Crippen LogP contribution in [0.3, 0.4) is 0 Å². The largest absolute Gasteiger partial charge is 0.495 e. The van der Waals surface area contributed by atoms with Crippen LogP contribution in [0.2, 0.25) is 0 Å². The first kappa shape index (κ1) is 18.1. The van der Waals surface area contributed by atoms with Crippen LogP contribution in [0.5, 0.6) is 5.75 Å². The molecule has 3 aromatic rings. The highest BCUT2D eigenvalue weighted by Gasteiger charge is 2.23. The van der Waals surface area contributed by atoms with Crippen LogP contribution < -0.4 is 9.64 Å². The van der Waals surface area contributed by atoms with Gasteiger partial charge < -0.3 is 14.5 Å². The Balaban J connectivity index is 1.34. The van der Waals surface area contributed by atoms with Crippen molar-refractivity contribution in [2.24, 2.45) is 0 Å². The summed E-state index contributed by atoms with van der Waals surface area (Å²) < 4.78 is 5.45. The minimum absolute atomic E-state index is 0.154. The molecule has 0 spiro atoms. The highest BCUT2D eigenvalue weighted by Crippen LogP contribution is 2.29. The molecular formula is C19H20N4O2S2. The van der Waals surface area contributed by atoms with E-state index in [9.17, 15) is 4.79 Å². The van der Waals surface area contributed by atoms with Crippen molar-refractivity contribution in [2.75, 3.05) is 43.9 Å². The molecule has 0 N–H and O–H groups in total. The molecular weight excluding hydrogens is 380 g/mol. The molecule has 1 fully saturated rings. The number of rotatable bonds is 5. The van der Waals surface area contributed by atoms with Gasteiger partial charge in [-0.05, 0) is 23.6 Å². The maximum Gasteiger partial charge on any atom is 0.233 e. The summed E-state index contributed by atoms with van der Waals surface area (Å²) in [5.74, 6) is 1.43. The van der Waals surface area contributed by atoms with Gasteiger partial charge in [-0.15, -0.1) is 11.3 Å². The molecule has 140 valence electrons. The normalized spacial score (nSPS) is 14.6. The summed E-state index contributed by atoms with van der Waals surface area (Å²) in [5, 5.41) is 3.91. The van der Waals surface area contributed by atoms with Crippen LogP contribution in [0.25, 0.3) is 10.2 Å². The van der Waals surface area contributed by atoms with E-state index in [0.29, 0.717) is 5.75 Å². The molecule has 0 unspecified atom stereocenters. The van der Waals surface area contributed by atoms with Gasteiger partial charge in [-0.1, -0.05) is 23.9 Å². The molecule has 0 bridgehead atoms. The Morgan fingerprint density at radius 1 is 1.19 bits per heavy atom. The predicted molar refractivity (Wildman–Crippen MR) is 110 cm³/mol. The number of carbonyl (C=O) groups excluding carboxylic acids is 1. The monoisotopic (exact) mass is 400 g/mol. The maximum absolute atomic E-state index is 12.6. The number of piperazine rings is 1. The first-order valence-electron chi connectivity index (χ1n) is 8.73. The summed E-state index contributed by atoms with van der Waals surface area (Å²) in [6.45, 7) is 3.04. The van der Waals surface area contributed by atoms with Crippen LogP contribution in [0.4, 0.5) is 5.69 Å². The molecule has 2 aromatic heterocycles. The predicted octanol–water partition coefficient (Wildman–Crippen LogP) is 3.14. The van der Waals surface area contributed by atoms with Crippen molar-refractivity contribution in [3.63, 3.8) is 0 Å². The molecule has 4 rings (SSSR count). The van der Waals surface area contributed by atoms with Crippen molar-refractivity contribution in [1.82, 2.24) is 14.9 Å². The molecule has 3 heterocycles. The number of carbonyl (C=O) groups is 1. The van der Waals surface area contributed by atoms with Gasteiger partial charge in [0.15, 0.2) is 0 Å². The SMILES string of the molecule is COc1ccccc1N1CCN(C(=O)CSc2ncnc3sccc23)CC1. The average Bonchev–Trinajstić information content (AvgIpc) is 3.21. The molecule has 6 nitrogen and oxygen atoms in total. The van der Waals surface area contributed by atoms with E-state index in [1.165, 1.54) is 11.8 Å². The zero-order chi connectivity index (χ0) is 18.6. The van der Waals surface area contributed by atoms with Gasteiger partial charge >= 0.3 is 0 Å². The Kier molecular flexibility index (Phi) is 5.45. The van der Waals surface area contributed by atoms with Gasteiger partial charge in [0, 0.05) is 31.6 Å². The molecule has 0 saturated carbocycles.